The number of furan rings is 1. The third kappa shape index (κ3) is 2.20. The molecule has 0 saturated carbocycles. The fraction of sp³-hybridized carbons (Fsp3) is 0.0714. The predicted molar refractivity (Wildman–Crippen MR) is 82.8 cm³/mol. The Morgan fingerprint density at radius 2 is 2.24 bits per heavy atom. The summed E-state index contributed by atoms with van der Waals surface area (Å²) in [6.45, 7) is 0.412. The maximum Gasteiger partial charge on any atom is 0.262 e. The number of rotatable bonds is 3. The van der Waals surface area contributed by atoms with E-state index in [1.54, 1.807) is 23.2 Å². The molecule has 0 radical (unpaired) electrons. The highest BCUT2D eigenvalue weighted by molar-refractivity contribution is 7.16. The Morgan fingerprint density at radius 1 is 1.29 bits per heavy atom. The van der Waals surface area contributed by atoms with Gasteiger partial charge in [0.1, 0.15) is 4.83 Å². The first kappa shape index (κ1) is 12.5. The standard InChI is InChI=1S/C14H9N3O2S2/c18-14-10-3-5-20-12(10)15-8-17(14)6-9-7-21-13(16-9)11-2-1-4-19-11/h1-5,7-8H,6H2. The lowest BCUT2D eigenvalue weighted by atomic mass is 10.4. The first-order chi connectivity index (χ1) is 10.3. The lowest BCUT2D eigenvalue weighted by Crippen LogP contribution is -2.20. The summed E-state index contributed by atoms with van der Waals surface area (Å²) in [5, 5.41) is 5.28. The fourth-order valence-corrected chi connectivity index (χ4v) is 3.57. The van der Waals surface area contributed by atoms with Gasteiger partial charge in [-0.25, -0.2) is 9.97 Å². The van der Waals surface area contributed by atoms with Crippen molar-refractivity contribution in [1.29, 1.82) is 0 Å². The number of nitrogens with zero attached hydrogens (tertiary/aromatic N) is 3. The van der Waals surface area contributed by atoms with E-state index in [0.29, 0.717) is 11.9 Å². The van der Waals surface area contributed by atoms with Gasteiger partial charge in [-0.05, 0) is 23.6 Å². The summed E-state index contributed by atoms with van der Waals surface area (Å²) in [5.74, 6) is 0.741. The Bertz CT molecular complexity index is 950. The maximum absolute atomic E-state index is 12.3. The first-order valence-corrected chi connectivity index (χ1v) is 7.98. The van der Waals surface area contributed by atoms with Crippen molar-refractivity contribution in [1.82, 2.24) is 14.5 Å². The van der Waals surface area contributed by atoms with E-state index >= 15 is 0 Å². The summed E-state index contributed by atoms with van der Waals surface area (Å²) in [7, 11) is 0. The van der Waals surface area contributed by atoms with Crippen LogP contribution in [0.25, 0.3) is 21.0 Å². The SMILES string of the molecule is O=c1c2ccsc2ncn1Cc1csc(-c2ccco2)n1. The van der Waals surface area contributed by atoms with E-state index in [4.69, 9.17) is 4.42 Å². The van der Waals surface area contributed by atoms with Crippen LogP contribution in [-0.4, -0.2) is 14.5 Å². The lowest BCUT2D eigenvalue weighted by molar-refractivity contribution is 0.581. The van der Waals surface area contributed by atoms with E-state index in [-0.39, 0.29) is 5.56 Å². The van der Waals surface area contributed by atoms with Gasteiger partial charge in [0.15, 0.2) is 10.8 Å². The molecule has 0 N–H and O–H groups in total. The largest absolute Gasteiger partial charge is 0.462 e. The molecule has 104 valence electrons. The maximum atomic E-state index is 12.3. The zero-order chi connectivity index (χ0) is 14.2. The molecule has 0 aliphatic carbocycles. The van der Waals surface area contributed by atoms with Gasteiger partial charge in [0, 0.05) is 5.38 Å². The summed E-state index contributed by atoms with van der Waals surface area (Å²) < 4.78 is 6.90. The van der Waals surface area contributed by atoms with Crippen LogP contribution in [0, 0.1) is 0 Å². The van der Waals surface area contributed by atoms with E-state index in [1.807, 2.05) is 22.9 Å². The summed E-state index contributed by atoms with van der Waals surface area (Å²) >= 11 is 2.97. The van der Waals surface area contributed by atoms with Crippen molar-refractivity contribution < 1.29 is 4.42 Å². The molecule has 0 amide bonds. The molecule has 4 aromatic rings. The van der Waals surface area contributed by atoms with Crippen molar-refractivity contribution in [3.05, 3.63) is 57.6 Å². The predicted octanol–water partition coefficient (Wildman–Crippen LogP) is 3.22. The Morgan fingerprint density at radius 3 is 3.10 bits per heavy atom. The van der Waals surface area contributed by atoms with Crippen molar-refractivity contribution >= 4 is 32.9 Å². The number of fused-ring (bicyclic) bond motifs is 1. The van der Waals surface area contributed by atoms with Crippen LogP contribution in [0.1, 0.15) is 5.69 Å². The second-order valence-corrected chi connectivity index (χ2v) is 6.19. The Kier molecular flexibility index (Phi) is 2.94. The molecule has 0 aliphatic rings. The number of thiophene rings is 1. The molecule has 21 heavy (non-hydrogen) atoms. The highest BCUT2D eigenvalue weighted by atomic mass is 32.1. The van der Waals surface area contributed by atoms with Gasteiger partial charge < -0.3 is 4.42 Å². The smallest absolute Gasteiger partial charge is 0.262 e. The second-order valence-electron chi connectivity index (χ2n) is 4.44. The van der Waals surface area contributed by atoms with Crippen LogP contribution in [-0.2, 0) is 6.54 Å². The van der Waals surface area contributed by atoms with E-state index < -0.39 is 0 Å². The monoisotopic (exact) mass is 315 g/mol. The van der Waals surface area contributed by atoms with Crippen molar-refractivity contribution in [3.63, 3.8) is 0 Å². The molecule has 0 unspecified atom stereocenters. The molecular formula is C14H9N3O2S2. The van der Waals surface area contributed by atoms with E-state index in [2.05, 4.69) is 9.97 Å². The molecule has 0 aliphatic heterocycles. The van der Waals surface area contributed by atoms with Gasteiger partial charge >= 0.3 is 0 Å². The van der Waals surface area contributed by atoms with Crippen LogP contribution in [0.5, 0.6) is 0 Å². The zero-order valence-electron chi connectivity index (χ0n) is 10.7. The second kappa shape index (κ2) is 4.94. The molecule has 0 saturated heterocycles. The molecule has 0 aromatic carbocycles. The van der Waals surface area contributed by atoms with Crippen LogP contribution < -0.4 is 5.56 Å². The van der Waals surface area contributed by atoms with Crippen molar-refractivity contribution in [2.75, 3.05) is 0 Å². The van der Waals surface area contributed by atoms with Crippen molar-refractivity contribution in [3.8, 4) is 10.8 Å². The average Bonchev–Trinajstić information content (AvgIpc) is 3.21. The van der Waals surface area contributed by atoms with Crippen molar-refractivity contribution in [2.45, 2.75) is 6.54 Å². The number of thiazole rings is 1. The van der Waals surface area contributed by atoms with Gasteiger partial charge in [-0.3, -0.25) is 9.36 Å². The normalized spacial score (nSPS) is 11.2. The molecule has 0 bridgehead atoms. The summed E-state index contributed by atoms with van der Waals surface area (Å²) in [6.07, 6.45) is 3.20. The molecule has 5 nitrogen and oxygen atoms in total. The molecule has 0 atom stereocenters. The Balaban J connectivity index is 1.68. The number of aromatic nitrogens is 3. The first-order valence-electron chi connectivity index (χ1n) is 6.22. The topological polar surface area (TPSA) is 60.9 Å². The molecule has 4 heterocycles. The molecule has 0 fully saturated rings. The van der Waals surface area contributed by atoms with Gasteiger partial charge in [0.25, 0.3) is 5.56 Å². The van der Waals surface area contributed by atoms with Gasteiger partial charge in [-0.1, -0.05) is 0 Å². The lowest BCUT2D eigenvalue weighted by Gasteiger charge is -2.02. The van der Waals surface area contributed by atoms with Crippen LogP contribution in [0.4, 0.5) is 0 Å². The van der Waals surface area contributed by atoms with E-state index in [9.17, 15) is 4.79 Å². The quantitative estimate of drug-likeness (QED) is 0.582. The minimum absolute atomic E-state index is 0.0335. The fourth-order valence-electron chi connectivity index (χ4n) is 2.07. The third-order valence-corrected chi connectivity index (χ3v) is 4.79. The highest BCUT2D eigenvalue weighted by Crippen LogP contribution is 2.24. The summed E-state index contributed by atoms with van der Waals surface area (Å²) in [4.78, 5) is 21.9. The molecule has 4 rings (SSSR count). The van der Waals surface area contributed by atoms with E-state index in [1.165, 1.54) is 22.7 Å². The Hall–Kier alpha value is -2.25. The minimum atomic E-state index is -0.0335. The minimum Gasteiger partial charge on any atom is -0.462 e. The third-order valence-electron chi connectivity index (χ3n) is 3.07. The molecule has 7 heteroatoms. The van der Waals surface area contributed by atoms with Crippen LogP contribution in [0.3, 0.4) is 0 Å². The molecular weight excluding hydrogens is 306 g/mol. The highest BCUT2D eigenvalue weighted by Gasteiger charge is 2.10. The average molecular weight is 315 g/mol. The molecule has 4 aromatic heterocycles. The van der Waals surface area contributed by atoms with Crippen LogP contribution in [0.2, 0.25) is 0 Å². The summed E-state index contributed by atoms with van der Waals surface area (Å²) in [5.41, 5.74) is 0.790. The van der Waals surface area contributed by atoms with E-state index in [0.717, 1.165) is 21.3 Å². The van der Waals surface area contributed by atoms with Gasteiger partial charge in [-0.15, -0.1) is 22.7 Å². The Labute approximate surface area is 127 Å². The van der Waals surface area contributed by atoms with Gasteiger partial charge in [-0.2, -0.15) is 0 Å². The summed E-state index contributed by atoms with van der Waals surface area (Å²) in [6, 6.07) is 5.50. The molecule has 0 spiro atoms. The zero-order valence-corrected chi connectivity index (χ0v) is 12.4. The van der Waals surface area contributed by atoms with Gasteiger partial charge in [0.2, 0.25) is 0 Å². The van der Waals surface area contributed by atoms with Crippen LogP contribution in [0.15, 0.2) is 50.8 Å². The van der Waals surface area contributed by atoms with Crippen molar-refractivity contribution in [2.24, 2.45) is 0 Å². The number of hydrogen-bond acceptors (Lipinski definition) is 6. The van der Waals surface area contributed by atoms with Gasteiger partial charge in [0.05, 0.1) is 30.2 Å². The number of hydrogen-bond donors (Lipinski definition) is 0. The van der Waals surface area contributed by atoms with Crippen LogP contribution >= 0.6 is 22.7 Å².